The summed E-state index contributed by atoms with van der Waals surface area (Å²) in [5, 5.41) is 0. The first-order valence-corrected chi connectivity index (χ1v) is 8.99. The van der Waals surface area contributed by atoms with E-state index in [2.05, 4.69) is 15.0 Å². The molecule has 3 rings (SSSR count). The highest BCUT2D eigenvalue weighted by molar-refractivity contribution is 5.82. The number of carbonyl (C=O) groups is 1. The van der Waals surface area contributed by atoms with Gasteiger partial charge in [-0.25, -0.2) is 9.97 Å². The molecule has 1 aliphatic heterocycles. The van der Waals surface area contributed by atoms with Crippen molar-refractivity contribution in [3.63, 3.8) is 0 Å². The van der Waals surface area contributed by atoms with Crippen molar-refractivity contribution in [3.05, 3.63) is 36.8 Å². The number of nitrogens with two attached hydrogens (primary N) is 1. The van der Waals surface area contributed by atoms with Gasteiger partial charge in [-0.2, -0.15) is 0 Å². The molecule has 138 valence electrons. The van der Waals surface area contributed by atoms with Crippen LogP contribution in [0.1, 0.15) is 26.7 Å². The lowest BCUT2D eigenvalue weighted by atomic mass is 10.0. The molecule has 0 aliphatic carbocycles. The van der Waals surface area contributed by atoms with Crippen LogP contribution in [-0.4, -0.2) is 51.0 Å². The highest BCUT2D eigenvalue weighted by Gasteiger charge is 2.28. The molecule has 0 spiro atoms. The lowest BCUT2D eigenvalue weighted by Crippen LogP contribution is -2.50. The van der Waals surface area contributed by atoms with Crippen molar-refractivity contribution in [2.45, 2.75) is 38.8 Å². The van der Waals surface area contributed by atoms with E-state index in [1.54, 1.807) is 18.6 Å². The minimum atomic E-state index is -0.435. The summed E-state index contributed by atoms with van der Waals surface area (Å²) in [6.07, 6.45) is 6.68. The maximum atomic E-state index is 12.3. The first-order valence-electron chi connectivity index (χ1n) is 8.99. The van der Waals surface area contributed by atoms with Gasteiger partial charge in [0.2, 0.25) is 5.91 Å². The van der Waals surface area contributed by atoms with Crippen LogP contribution < -0.4 is 10.5 Å². The number of ether oxygens (including phenoxy) is 1. The minimum Gasteiger partial charge on any atom is -0.460 e. The number of hydrogen-bond acceptors (Lipinski definition) is 6. The fourth-order valence-electron chi connectivity index (χ4n) is 2.88. The van der Waals surface area contributed by atoms with Crippen molar-refractivity contribution >= 4 is 5.91 Å². The molecule has 1 aliphatic rings. The van der Waals surface area contributed by atoms with Crippen molar-refractivity contribution < 1.29 is 9.53 Å². The van der Waals surface area contributed by atoms with Crippen LogP contribution in [0.2, 0.25) is 0 Å². The van der Waals surface area contributed by atoms with E-state index in [1.807, 2.05) is 36.9 Å². The van der Waals surface area contributed by atoms with E-state index in [-0.39, 0.29) is 17.9 Å². The van der Waals surface area contributed by atoms with Gasteiger partial charge in [-0.3, -0.25) is 9.78 Å². The van der Waals surface area contributed by atoms with Gasteiger partial charge >= 0.3 is 6.01 Å². The van der Waals surface area contributed by atoms with Crippen LogP contribution in [0.4, 0.5) is 0 Å². The third kappa shape index (κ3) is 4.35. The van der Waals surface area contributed by atoms with E-state index in [4.69, 9.17) is 10.5 Å². The molecule has 26 heavy (non-hydrogen) atoms. The van der Waals surface area contributed by atoms with Gasteiger partial charge in [0.05, 0.1) is 11.7 Å². The Kier molecular flexibility index (Phi) is 5.78. The fourth-order valence-corrected chi connectivity index (χ4v) is 2.88. The summed E-state index contributed by atoms with van der Waals surface area (Å²) in [7, 11) is 0. The predicted octanol–water partition coefficient (Wildman–Crippen LogP) is 1.89. The molecule has 2 N–H and O–H groups in total. The molecule has 1 atom stereocenters. The molecule has 0 bridgehead atoms. The number of likely N-dealkylation sites (tertiary alicyclic amines) is 1. The molecule has 1 saturated heterocycles. The zero-order chi connectivity index (χ0) is 18.5. The average molecular weight is 355 g/mol. The van der Waals surface area contributed by atoms with Gasteiger partial charge in [0.25, 0.3) is 0 Å². The summed E-state index contributed by atoms with van der Waals surface area (Å²) >= 11 is 0. The Bertz CT molecular complexity index is 712. The van der Waals surface area contributed by atoms with E-state index >= 15 is 0 Å². The number of hydrogen-bond donors (Lipinski definition) is 1. The molecule has 0 unspecified atom stereocenters. The topological polar surface area (TPSA) is 94.2 Å². The van der Waals surface area contributed by atoms with Gasteiger partial charge in [0.15, 0.2) is 0 Å². The first kappa shape index (κ1) is 18.3. The van der Waals surface area contributed by atoms with Crippen molar-refractivity contribution in [1.82, 2.24) is 19.9 Å². The van der Waals surface area contributed by atoms with Crippen molar-refractivity contribution in [1.29, 1.82) is 0 Å². The third-order valence-electron chi connectivity index (χ3n) is 4.62. The second kappa shape index (κ2) is 8.23. The molecule has 0 radical (unpaired) electrons. The maximum absolute atomic E-state index is 12.3. The van der Waals surface area contributed by atoms with E-state index in [0.29, 0.717) is 19.1 Å². The van der Waals surface area contributed by atoms with Crippen molar-refractivity contribution in [2.75, 3.05) is 13.1 Å². The predicted molar refractivity (Wildman–Crippen MR) is 98.3 cm³/mol. The van der Waals surface area contributed by atoms with E-state index in [9.17, 15) is 4.79 Å². The van der Waals surface area contributed by atoms with Crippen LogP contribution in [-0.2, 0) is 4.79 Å². The molecular weight excluding hydrogens is 330 g/mol. The molecule has 1 amide bonds. The number of rotatable bonds is 5. The van der Waals surface area contributed by atoms with Gasteiger partial charge in [0, 0.05) is 50.1 Å². The molecule has 7 heteroatoms. The molecule has 2 aromatic rings. The lowest BCUT2D eigenvalue weighted by Gasteiger charge is -2.33. The Morgan fingerprint density at radius 3 is 2.46 bits per heavy atom. The monoisotopic (exact) mass is 355 g/mol. The molecule has 0 aromatic carbocycles. The summed E-state index contributed by atoms with van der Waals surface area (Å²) in [5.41, 5.74) is 7.64. The molecule has 7 nitrogen and oxygen atoms in total. The number of piperidine rings is 1. The van der Waals surface area contributed by atoms with Gasteiger partial charge < -0.3 is 15.4 Å². The quantitative estimate of drug-likeness (QED) is 0.880. The van der Waals surface area contributed by atoms with Crippen LogP contribution in [0.15, 0.2) is 36.8 Å². The van der Waals surface area contributed by atoms with Crippen molar-refractivity contribution in [3.8, 4) is 17.3 Å². The second-order valence-electron chi connectivity index (χ2n) is 6.88. The second-order valence-corrected chi connectivity index (χ2v) is 6.88. The smallest absolute Gasteiger partial charge is 0.316 e. The van der Waals surface area contributed by atoms with Gasteiger partial charge in [-0.15, -0.1) is 0 Å². The maximum Gasteiger partial charge on any atom is 0.316 e. The average Bonchev–Trinajstić information content (AvgIpc) is 2.68. The van der Waals surface area contributed by atoms with Gasteiger partial charge in [-0.1, -0.05) is 19.9 Å². The Hall–Kier alpha value is -2.54. The SMILES string of the molecule is CC(C)[C@H](N)C(=O)N1CCC(Oc2ncc(-c3ccccn3)cn2)CC1. The van der Waals surface area contributed by atoms with Crippen LogP contribution >= 0.6 is 0 Å². The van der Waals surface area contributed by atoms with Crippen LogP contribution in [0.3, 0.4) is 0 Å². The first-order chi connectivity index (χ1) is 12.5. The van der Waals surface area contributed by atoms with Crippen molar-refractivity contribution in [2.24, 2.45) is 11.7 Å². The summed E-state index contributed by atoms with van der Waals surface area (Å²) in [5.74, 6) is 0.164. The normalized spacial score (nSPS) is 16.5. The van der Waals surface area contributed by atoms with Gasteiger partial charge in [0.1, 0.15) is 6.10 Å². The number of nitrogens with zero attached hydrogens (tertiary/aromatic N) is 4. The van der Waals surface area contributed by atoms with E-state index in [0.717, 1.165) is 24.1 Å². The van der Waals surface area contributed by atoms with Crippen LogP contribution in [0, 0.1) is 5.92 Å². The molecular formula is C19H25N5O2. The summed E-state index contributed by atoms with van der Waals surface area (Å²) in [4.78, 5) is 27.0. The van der Waals surface area contributed by atoms with Gasteiger partial charge in [-0.05, 0) is 18.1 Å². The lowest BCUT2D eigenvalue weighted by molar-refractivity contribution is -0.135. The molecule has 1 fully saturated rings. The zero-order valence-electron chi connectivity index (χ0n) is 15.2. The third-order valence-corrected chi connectivity index (χ3v) is 4.62. The Morgan fingerprint density at radius 1 is 1.19 bits per heavy atom. The number of pyridine rings is 1. The molecule has 3 heterocycles. The summed E-state index contributed by atoms with van der Waals surface area (Å²) < 4.78 is 5.87. The highest BCUT2D eigenvalue weighted by Crippen LogP contribution is 2.19. The number of amides is 1. The number of carbonyl (C=O) groups excluding carboxylic acids is 1. The Balaban J connectivity index is 1.53. The Morgan fingerprint density at radius 2 is 1.88 bits per heavy atom. The summed E-state index contributed by atoms with van der Waals surface area (Å²) in [6, 6.07) is 5.62. The van der Waals surface area contributed by atoms with Crippen LogP contribution in [0.25, 0.3) is 11.3 Å². The molecule has 0 saturated carbocycles. The summed E-state index contributed by atoms with van der Waals surface area (Å²) in [6.45, 7) is 5.22. The molecule has 2 aromatic heterocycles. The minimum absolute atomic E-state index is 0.00928. The highest BCUT2D eigenvalue weighted by atomic mass is 16.5. The largest absolute Gasteiger partial charge is 0.460 e. The van der Waals surface area contributed by atoms with E-state index < -0.39 is 6.04 Å². The van der Waals surface area contributed by atoms with Crippen LogP contribution in [0.5, 0.6) is 6.01 Å². The zero-order valence-corrected chi connectivity index (χ0v) is 15.2. The number of aromatic nitrogens is 3. The fraction of sp³-hybridized carbons (Fsp3) is 0.474. The Labute approximate surface area is 153 Å². The standard InChI is InChI=1S/C19H25N5O2/c1-13(2)17(20)18(25)24-9-6-15(7-10-24)26-19-22-11-14(12-23-19)16-5-3-4-8-21-16/h3-5,8,11-13,15,17H,6-7,9-10,20H2,1-2H3/t17-/m0/s1. The van der Waals surface area contributed by atoms with E-state index in [1.165, 1.54) is 0 Å².